The van der Waals surface area contributed by atoms with Gasteiger partial charge in [-0.25, -0.2) is 4.68 Å². The average molecular weight is 636 g/mol. The van der Waals surface area contributed by atoms with Crippen LogP contribution in [0.4, 0.5) is 0 Å². The molecule has 0 amide bonds. The van der Waals surface area contributed by atoms with Crippen molar-refractivity contribution in [2.75, 3.05) is 19.8 Å². The number of ether oxygens (including phenoxy) is 4. The first kappa shape index (κ1) is 34.7. The molecule has 0 radical (unpaired) electrons. The Morgan fingerprint density at radius 1 is 0.913 bits per heavy atom. The molecule has 0 spiro atoms. The standard InChI is InChI=1S/C35H45N3O8/c1-23-8-13-27-28(20-23)36-37-38(30(27)40)17-16-35(31(41)45-33(2,3)4,32(42)46-34(5,6)7)21-29(39)25-9-11-26(12-10-25)44-22-24-14-18-43-19-15-24/h8-13,20,24H,14-19,21-22H2,1-7H3. The summed E-state index contributed by atoms with van der Waals surface area (Å²) >= 11 is 0. The normalized spacial score (nSPS) is 14.6. The monoisotopic (exact) mass is 635 g/mol. The quantitative estimate of drug-likeness (QED) is 0.156. The van der Waals surface area contributed by atoms with Crippen molar-refractivity contribution in [3.05, 3.63) is 63.9 Å². The first-order valence-electron chi connectivity index (χ1n) is 15.7. The number of Topliss-reactive ketones (excluding diaryl/α,β-unsaturated/α-hetero) is 1. The number of fused-ring (bicyclic) bond motifs is 1. The topological polar surface area (TPSA) is 136 Å². The number of hydrogen-bond donors (Lipinski definition) is 0. The predicted octanol–water partition coefficient (Wildman–Crippen LogP) is 5.24. The second-order valence-electron chi connectivity index (χ2n) is 14.0. The van der Waals surface area contributed by atoms with Crippen LogP contribution in [-0.4, -0.2) is 63.7 Å². The van der Waals surface area contributed by atoms with Gasteiger partial charge in [0.15, 0.2) is 11.2 Å². The lowest BCUT2D eigenvalue weighted by Crippen LogP contribution is -2.49. The maximum Gasteiger partial charge on any atom is 0.324 e. The zero-order valence-electron chi connectivity index (χ0n) is 27.9. The minimum absolute atomic E-state index is 0.194. The highest BCUT2D eigenvalue weighted by Gasteiger charge is 2.52. The van der Waals surface area contributed by atoms with E-state index in [0.717, 1.165) is 36.3 Å². The van der Waals surface area contributed by atoms with Gasteiger partial charge in [-0.15, -0.1) is 5.10 Å². The van der Waals surface area contributed by atoms with Crippen LogP contribution in [0.3, 0.4) is 0 Å². The van der Waals surface area contributed by atoms with E-state index in [9.17, 15) is 19.2 Å². The van der Waals surface area contributed by atoms with E-state index in [1.54, 1.807) is 84.0 Å². The van der Waals surface area contributed by atoms with E-state index in [-0.39, 0.29) is 18.5 Å². The molecule has 11 nitrogen and oxygen atoms in total. The van der Waals surface area contributed by atoms with Crippen molar-refractivity contribution < 1.29 is 33.3 Å². The van der Waals surface area contributed by atoms with Crippen LogP contribution in [0.25, 0.3) is 10.9 Å². The third-order valence-electron chi connectivity index (χ3n) is 7.67. The summed E-state index contributed by atoms with van der Waals surface area (Å²) < 4.78 is 23.9. The van der Waals surface area contributed by atoms with Gasteiger partial charge in [0, 0.05) is 31.7 Å². The molecular formula is C35H45N3O8. The van der Waals surface area contributed by atoms with E-state index in [1.165, 1.54) is 0 Å². The molecule has 0 atom stereocenters. The summed E-state index contributed by atoms with van der Waals surface area (Å²) in [5.41, 5.74) is -2.84. The SMILES string of the molecule is Cc1ccc2c(=O)n(CCC(CC(=O)c3ccc(OCC4CCOCC4)cc3)(C(=O)OC(C)(C)C)C(=O)OC(C)(C)C)nnc2c1. The summed E-state index contributed by atoms with van der Waals surface area (Å²) in [4.78, 5) is 55.1. The molecule has 4 rings (SSSR count). The molecule has 46 heavy (non-hydrogen) atoms. The summed E-state index contributed by atoms with van der Waals surface area (Å²) in [7, 11) is 0. The first-order valence-corrected chi connectivity index (χ1v) is 15.7. The van der Waals surface area contributed by atoms with Gasteiger partial charge in [0.25, 0.3) is 5.56 Å². The van der Waals surface area contributed by atoms with Gasteiger partial charge in [-0.2, -0.15) is 0 Å². The Labute approximate surface area is 269 Å². The fourth-order valence-electron chi connectivity index (χ4n) is 5.14. The molecule has 2 heterocycles. The van der Waals surface area contributed by atoms with Gasteiger partial charge in [0.05, 0.1) is 12.0 Å². The van der Waals surface area contributed by atoms with Crippen molar-refractivity contribution in [2.24, 2.45) is 11.3 Å². The highest BCUT2D eigenvalue weighted by molar-refractivity contribution is 6.07. The number of nitrogens with zero attached hydrogens (tertiary/aromatic N) is 3. The Kier molecular flexibility index (Phi) is 10.7. The Hall–Kier alpha value is -4.12. The van der Waals surface area contributed by atoms with Crippen LogP contribution in [0.2, 0.25) is 0 Å². The predicted molar refractivity (Wildman–Crippen MR) is 172 cm³/mol. The highest BCUT2D eigenvalue weighted by atomic mass is 16.6. The molecule has 0 saturated carbocycles. The van der Waals surface area contributed by atoms with Gasteiger partial charge in [-0.05, 0) is 116 Å². The summed E-state index contributed by atoms with van der Waals surface area (Å²) in [6.45, 7) is 13.7. The lowest BCUT2D eigenvalue weighted by molar-refractivity contribution is -0.186. The Balaban J connectivity index is 1.65. The number of carbonyl (C=O) groups excluding carboxylic acids is 3. The Bertz CT molecular complexity index is 1580. The van der Waals surface area contributed by atoms with Crippen LogP contribution >= 0.6 is 0 Å². The van der Waals surface area contributed by atoms with Gasteiger partial charge in [0.2, 0.25) is 0 Å². The minimum atomic E-state index is -2.08. The van der Waals surface area contributed by atoms with Gasteiger partial charge in [0.1, 0.15) is 22.5 Å². The van der Waals surface area contributed by atoms with Crippen molar-refractivity contribution in [2.45, 2.75) is 91.9 Å². The molecule has 1 fully saturated rings. The summed E-state index contributed by atoms with van der Waals surface area (Å²) in [5.74, 6) is -1.30. The van der Waals surface area contributed by atoms with Gasteiger partial charge < -0.3 is 18.9 Å². The second kappa shape index (κ2) is 14.1. The van der Waals surface area contributed by atoms with E-state index in [1.807, 2.05) is 6.92 Å². The molecule has 1 saturated heterocycles. The number of aryl methyl sites for hydroxylation is 2. The maximum atomic E-state index is 14.0. The molecule has 0 bridgehead atoms. The number of ketones is 1. The van der Waals surface area contributed by atoms with Gasteiger partial charge in [-0.3, -0.25) is 19.2 Å². The fraction of sp³-hybridized carbons (Fsp3) is 0.543. The molecule has 0 aliphatic carbocycles. The van der Waals surface area contributed by atoms with Crippen molar-refractivity contribution in [1.29, 1.82) is 0 Å². The lowest BCUT2D eigenvalue weighted by Gasteiger charge is -2.34. The van der Waals surface area contributed by atoms with Crippen LogP contribution in [0.15, 0.2) is 47.3 Å². The third kappa shape index (κ3) is 8.99. The van der Waals surface area contributed by atoms with Crippen LogP contribution in [-0.2, 0) is 30.3 Å². The number of rotatable bonds is 11. The number of hydrogen-bond acceptors (Lipinski definition) is 10. The summed E-state index contributed by atoms with van der Waals surface area (Å²) in [6.07, 6.45) is 1.03. The molecule has 1 aliphatic rings. The highest BCUT2D eigenvalue weighted by Crippen LogP contribution is 2.36. The second-order valence-corrected chi connectivity index (χ2v) is 14.0. The third-order valence-corrected chi connectivity index (χ3v) is 7.67. The zero-order valence-corrected chi connectivity index (χ0v) is 27.9. The maximum absolute atomic E-state index is 14.0. The van der Waals surface area contributed by atoms with Crippen LogP contribution in [0, 0.1) is 18.3 Å². The van der Waals surface area contributed by atoms with Crippen molar-refractivity contribution in [3.8, 4) is 5.75 Å². The minimum Gasteiger partial charge on any atom is -0.493 e. The zero-order chi connectivity index (χ0) is 33.7. The van der Waals surface area contributed by atoms with E-state index in [4.69, 9.17) is 18.9 Å². The molecular weight excluding hydrogens is 590 g/mol. The largest absolute Gasteiger partial charge is 0.493 e. The van der Waals surface area contributed by atoms with E-state index in [0.29, 0.717) is 29.2 Å². The molecule has 11 heteroatoms. The molecule has 1 aliphatic heterocycles. The van der Waals surface area contributed by atoms with E-state index >= 15 is 0 Å². The van der Waals surface area contributed by atoms with E-state index < -0.39 is 46.3 Å². The van der Waals surface area contributed by atoms with Crippen molar-refractivity contribution >= 4 is 28.6 Å². The summed E-state index contributed by atoms with van der Waals surface area (Å²) in [5, 5.41) is 8.57. The first-order chi connectivity index (χ1) is 21.6. The van der Waals surface area contributed by atoms with Crippen molar-refractivity contribution in [1.82, 2.24) is 15.0 Å². The average Bonchev–Trinajstić information content (AvgIpc) is 2.98. The molecule has 0 unspecified atom stereocenters. The van der Waals surface area contributed by atoms with Gasteiger partial charge >= 0.3 is 11.9 Å². The lowest BCUT2D eigenvalue weighted by atomic mass is 9.78. The molecule has 3 aromatic rings. The van der Waals surface area contributed by atoms with E-state index in [2.05, 4.69) is 10.3 Å². The summed E-state index contributed by atoms with van der Waals surface area (Å²) in [6, 6.07) is 11.8. The Morgan fingerprint density at radius 3 is 2.11 bits per heavy atom. The Morgan fingerprint density at radius 2 is 1.52 bits per heavy atom. The molecule has 248 valence electrons. The molecule has 1 aromatic heterocycles. The van der Waals surface area contributed by atoms with Crippen molar-refractivity contribution in [3.63, 3.8) is 0 Å². The molecule has 2 aromatic carbocycles. The number of benzene rings is 2. The smallest absolute Gasteiger partial charge is 0.324 e. The number of aromatic nitrogens is 3. The van der Waals surface area contributed by atoms with Gasteiger partial charge in [-0.1, -0.05) is 11.3 Å². The number of carbonyl (C=O) groups is 3. The fourth-order valence-corrected chi connectivity index (χ4v) is 5.14. The van der Waals surface area contributed by atoms with Crippen LogP contribution < -0.4 is 10.3 Å². The molecule has 0 N–H and O–H groups in total. The van der Waals surface area contributed by atoms with Crippen LogP contribution in [0.1, 0.15) is 83.1 Å². The number of esters is 2. The van der Waals surface area contributed by atoms with Crippen LogP contribution in [0.5, 0.6) is 5.75 Å².